The lowest BCUT2D eigenvalue weighted by Gasteiger charge is -2.08. The van der Waals surface area contributed by atoms with Crippen LogP contribution < -0.4 is 5.73 Å². The van der Waals surface area contributed by atoms with Gasteiger partial charge in [0, 0.05) is 15.5 Å². The highest BCUT2D eigenvalue weighted by Crippen LogP contribution is 2.32. The van der Waals surface area contributed by atoms with E-state index in [2.05, 4.69) is 6.92 Å². The van der Waals surface area contributed by atoms with Gasteiger partial charge in [0.1, 0.15) is 0 Å². The highest BCUT2D eigenvalue weighted by atomic mass is 32.2. The number of nitrogen functional groups attached to an aromatic ring is 1. The molecule has 0 saturated carbocycles. The molecule has 0 bridgehead atoms. The van der Waals surface area contributed by atoms with Gasteiger partial charge in [-0.25, -0.2) is 4.79 Å². The summed E-state index contributed by atoms with van der Waals surface area (Å²) in [4.78, 5) is 13.0. The van der Waals surface area contributed by atoms with E-state index in [4.69, 9.17) is 10.8 Å². The number of carbonyl (C=O) groups is 1. The first kappa shape index (κ1) is 13.5. The van der Waals surface area contributed by atoms with E-state index in [0.717, 1.165) is 21.9 Å². The van der Waals surface area contributed by atoms with Crippen molar-refractivity contribution in [2.24, 2.45) is 0 Å². The monoisotopic (exact) mass is 273 g/mol. The van der Waals surface area contributed by atoms with E-state index in [-0.39, 0.29) is 0 Å². The maximum absolute atomic E-state index is 10.8. The number of aryl methyl sites for hydroxylation is 1. The number of rotatable bonds is 4. The molecule has 0 aliphatic carbocycles. The predicted octanol–water partition coefficient (Wildman–Crippen LogP) is 3.68. The summed E-state index contributed by atoms with van der Waals surface area (Å²) in [5.74, 6) is -0.904. The molecule has 0 unspecified atom stereocenters. The fraction of sp³-hybridized carbons (Fsp3) is 0.133. The summed E-state index contributed by atoms with van der Waals surface area (Å²) < 4.78 is 0. The Morgan fingerprint density at radius 3 is 2.47 bits per heavy atom. The summed E-state index contributed by atoms with van der Waals surface area (Å²) in [5.41, 5.74) is 8.05. The average molecular weight is 273 g/mol. The number of aromatic carboxylic acids is 1. The summed E-state index contributed by atoms with van der Waals surface area (Å²) >= 11 is 1.62. The zero-order valence-electron chi connectivity index (χ0n) is 10.6. The third-order valence-corrected chi connectivity index (χ3v) is 3.92. The van der Waals surface area contributed by atoms with Crippen molar-refractivity contribution in [3.8, 4) is 0 Å². The molecule has 0 amide bonds. The molecule has 19 heavy (non-hydrogen) atoms. The highest BCUT2D eigenvalue weighted by Gasteiger charge is 2.06. The first-order chi connectivity index (χ1) is 9.10. The first-order valence-electron chi connectivity index (χ1n) is 5.99. The van der Waals surface area contributed by atoms with Crippen LogP contribution in [0.5, 0.6) is 0 Å². The molecule has 0 spiro atoms. The largest absolute Gasteiger partial charge is 0.478 e. The second-order valence-corrected chi connectivity index (χ2v) is 5.27. The number of hydrogen-bond donors (Lipinski definition) is 2. The quantitative estimate of drug-likeness (QED) is 0.834. The van der Waals surface area contributed by atoms with Gasteiger partial charge < -0.3 is 10.8 Å². The minimum atomic E-state index is -0.904. The molecule has 98 valence electrons. The number of carboxylic acids is 1. The predicted molar refractivity (Wildman–Crippen MR) is 77.8 cm³/mol. The minimum absolute atomic E-state index is 0.303. The SMILES string of the molecule is CCc1cc(N)ccc1Sc1ccc(C(=O)O)cc1. The van der Waals surface area contributed by atoms with E-state index in [1.165, 1.54) is 5.56 Å². The Kier molecular flexibility index (Phi) is 4.12. The molecular formula is C15H15NO2S. The van der Waals surface area contributed by atoms with Gasteiger partial charge in [0.25, 0.3) is 0 Å². The molecule has 2 rings (SSSR count). The molecule has 3 N–H and O–H groups in total. The summed E-state index contributed by atoms with van der Waals surface area (Å²) in [6.45, 7) is 2.09. The lowest BCUT2D eigenvalue weighted by Crippen LogP contribution is -1.95. The van der Waals surface area contributed by atoms with Gasteiger partial charge in [-0.3, -0.25) is 0 Å². The van der Waals surface area contributed by atoms with E-state index in [1.807, 2.05) is 30.3 Å². The number of benzene rings is 2. The molecule has 0 aliphatic heterocycles. The van der Waals surface area contributed by atoms with Crippen LogP contribution in [0, 0.1) is 0 Å². The van der Waals surface area contributed by atoms with E-state index in [9.17, 15) is 4.79 Å². The second-order valence-electron chi connectivity index (χ2n) is 4.15. The van der Waals surface area contributed by atoms with Crippen molar-refractivity contribution in [2.75, 3.05) is 5.73 Å². The van der Waals surface area contributed by atoms with Crippen LogP contribution in [0.15, 0.2) is 52.3 Å². The van der Waals surface area contributed by atoms with Crippen LogP contribution in [0.25, 0.3) is 0 Å². The molecule has 0 aromatic heterocycles. The smallest absolute Gasteiger partial charge is 0.335 e. The maximum atomic E-state index is 10.8. The van der Waals surface area contributed by atoms with Gasteiger partial charge >= 0.3 is 5.97 Å². The number of nitrogens with two attached hydrogens (primary N) is 1. The standard InChI is InChI=1S/C15H15NO2S/c1-2-10-9-12(16)5-8-14(10)19-13-6-3-11(4-7-13)15(17)18/h3-9H,2,16H2,1H3,(H,17,18). The Morgan fingerprint density at radius 1 is 1.21 bits per heavy atom. The molecule has 0 fully saturated rings. The molecule has 0 heterocycles. The first-order valence-corrected chi connectivity index (χ1v) is 6.81. The highest BCUT2D eigenvalue weighted by molar-refractivity contribution is 7.99. The van der Waals surface area contributed by atoms with Crippen LogP contribution in [0.3, 0.4) is 0 Å². The lowest BCUT2D eigenvalue weighted by molar-refractivity contribution is 0.0697. The zero-order chi connectivity index (χ0) is 13.8. The van der Waals surface area contributed by atoms with Crippen molar-refractivity contribution in [1.82, 2.24) is 0 Å². The van der Waals surface area contributed by atoms with Crippen molar-refractivity contribution < 1.29 is 9.90 Å². The van der Waals surface area contributed by atoms with Crippen LogP contribution >= 0.6 is 11.8 Å². The van der Waals surface area contributed by atoms with E-state index >= 15 is 0 Å². The second kappa shape index (κ2) is 5.80. The van der Waals surface area contributed by atoms with Crippen molar-refractivity contribution >= 4 is 23.4 Å². The average Bonchev–Trinajstić information content (AvgIpc) is 2.41. The molecule has 0 saturated heterocycles. The molecular weight excluding hydrogens is 258 g/mol. The number of carboxylic acid groups (broad SMARTS) is 1. The Balaban J connectivity index is 2.23. The Morgan fingerprint density at radius 2 is 1.89 bits per heavy atom. The topological polar surface area (TPSA) is 63.3 Å². The van der Waals surface area contributed by atoms with Crippen molar-refractivity contribution in [3.05, 3.63) is 53.6 Å². The summed E-state index contributed by atoms with van der Waals surface area (Å²) in [6.07, 6.45) is 0.917. The molecule has 0 radical (unpaired) electrons. The molecule has 2 aromatic carbocycles. The van der Waals surface area contributed by atoms with Crippen molar-refractivity contribution in [1.29, 1.82) is 0 Å². The van der Waals surface area contributed by atoms with E-state index in [1.54, 1.807) is 23.9 Å². The van der Waals surface area contributed by atoms with Crippen molar-refractivity contribution in [2.45, 2.75) is 23.1 Å². The normalized spacial score (nSPS) is 10.4. The van der Waals surface area contributed by atoms with E-state index < -0.39 is 5.97 Å². The van der Waals surface area contributed by atoms with Crippen molar-refractivity contribution in [3.63, 3.8) is 0 Å². The fourth-order valence-electron chi connectivity index (χ4n) is 1.77. The molecule has 4 heteroatoms. The maximum Gasteiger partial charge on any atom is 0.335 e. The third kappa shape index (κ3) is 3.29. The van der Waals surface area contributed by atoms with Gasteiger partial charge in [0.15, 0.2) is 0 Å². The van der Waals surface area contributed by atoms with Gasteiger partial charge in [0.2, 0.25) is 0 Å². The van der Waals surface area contributed by atoms with Gasteiger partial charge in [-0.2, -0.15) is 0 Å². The summed E-state index contributed by atoms with van der Waals surface area (Å²) in [6, 6.07) is 12.8. The third-order valence-electron chi connectivity index (χ3n) is 2.79. The molecule has 0 atom stereocenters. The van der Waals surface area contributed by atoms with Crippen LogP contribution in [0.1, 0.15) is 22.8 Å². The fourth-order valence-corrected chi connectivity index (χ4v) is 2.76. The van der Waals surface area contributed by atoms with Gasteiger partial charge in [-0.15, -0.1) is 0 Å². The number of hydrogen-bond acceptors (Lipinski definition) is 3. The molecule has 3 nitrogen and oxygen atoms in total. The van der Waals surface area contributed by atoms with E-state index in [0.29, 0.717) is 5.56 Å². The summed E-state index contributed by atoms with van der Waals surface area (Å²) in [5, 5.41) is 8.86. The molecule has 2 aromatic rings. The molecule has 0 aliphatic rings. The lowest BCUT2D eigenvalue weighted by atomic mass is 10.1. The minimum Gasteiger partial charge on any atom is -0.478 e. The van der Waals surface area contributed by atoms with Crippen LogP contribution in [0.4, 0.5) is 5.69 Å². The Labute approximate surface area is 116 Å². The van der Waals surface area contributed by atoms with Gasteiger partial charge in [-0.05, 0) is 54.4 Å². The van der Waals surface area contributed by atoms with Crippen LogP contribution in [-0.4, -0.2) is 11.1 Å². The van der Waals surface area contributed by atoms with Crippen LogP contribution in [0.2, 0.25) is 0 Å². The zero-order valence-corrected chi connectivity index (χ0v) is 11.4. The van der Waals surface area contributed by atoms with Crippen LogP contribution in [-0.2, 0) is 6.42 Å². The Bertz CT molecular complexity index is 594. The van der Waals surface area contributed by atoms with Gasteiger partial charge in [0.05, 0.1) is 5.56 Å². The van der Waals surface area contributed by atoms with Gasteiger partial charge in [-0.1, -0.05) is 18.7 Å². The summed E-state index contributed by atoms with van der Waals surface area (Å²) in [7, 11) is 0. The Hall–Kier alpha value is -1.94. The number of anilines is 1.